The van der Waals surface area contributed by atoms with Gasteiger partial charge in [-0.3, -0.25) is 4.79 Å². The largest absolute Gasteiger partial charge is 0.472 e. The summed E-state index contributed by atoms with van der Waals surface area (Å²) in [4.78, 5) is 12.7. The number of fused-ring (bicyclic) bond motifs is 1. The monoisotopic (exact) mass is 426 g/mol. The minimum Gasteiger partial charge on any atom is -0.472 e. The van der Waals surface area contributed by atoms with Gasteiger partial charge in [0.15, 0.2) is 0 Å². The molecule has 0 saturated heterocycles. The molecule has 1 aromatic carbocycles. The van der Waals surface area contributed by atoms with Gasteiger partial charge in [-0.1, -0.05) is 25.3 Å². The molecular weight excluding hydrogens is 400 g/mol. The molecule has 0 bridgehead atoms. The molecule has 2 fully saturated rings. The quantitative estimate of drug-likeness (QED) is 0.641. The van der Waals surface area contributed by atoms with Gasteiger partial charge in [0.2, 0.25) is 10.0 Å². The number of aryl methyl sites for hydroxylation is 1. The SMILES string of the molecule is Cn1c(-c2ccoc2)c(C2CCCCC2)c2ccc(C(=O)NS(=O)(=O)C3CC3)cc21. The van der Waals surface area contributed by atoms with E-state index in [1.165, 1.54) is 24.8 Å². The molecule has 3 aromatic rings. The third-order valence-electron chi connectivity index (χ3n) is 6.51. The molecule has 30 heavy (non-hydrogen) atoms. The molecule has 0 aliphatic heterocycles. The van der Waals surface area contributed by atoms with Crippen LogP contribution in [0.1, 0.15) is 66.8 Å². The van der Waals surface area contributed by atoms with E-state index in [0.29, 0.717) is 24.3 Å². The molecule has 0 spiro atoms. The highest BCUT2D eigenvalue weighted by molar-refractivity contribution is 7.91. The van der Waals surface area contributed by atoms with Gasteiger partial charge in [0.25, 0.3) is 5.91 Å². The summed E-state index contributed by atoms with van der Waals surface area (Å²) < 4.78 is 34.1. The fourth-order valence-corrected chi connectivity index (χ4v) is 6.11. The summed E-state index contributed by atoms with van der Waals surface area (Å²) in [5.41, 5.74) is 4.75. The van der Waals surface area contributed by atoms with Crippen molar-refractivity contribution in [3.05, 3.63) is 47.9 Å². The van der Waals surface area contributed by atoms with Crippen molar-refractivity contribution in [2.45, 2.75) is 56.1 Å². The van der Waals surface area contributed by atoms with Crippen LogP contribution in [0, 0.1) is 0 Å². The number of aromatic nitrogens is 1. The second-order valence-corrected chi connectivity index (χ2v) is 10.5. The first-order chi connectivity index (χ1) is 14.5. The molecule has 0 unspecified atom stereocenters. The van der Waals surface area contributed by atoms with Gasteiger partial charge in [-0.05, 0) is 55.4 Å². The van der Waals surface area contributed by atoms with Crippen LogP contribution in [0.25, 0.3) is 22.2 Å². The van der Waals surface area contributed by atoms with E-state index in [0.717, 1.165) is 35.0 Å². The predicted molar refractivity (Wildman–Crippen MR) is 116 cm³/mol. The average Bonchev–Trinajstić information content (AvgIpc) is 3.41. The Bertz CT molecular complexity index is 1200. The van der Waals surface area contributed by atoms with Crippen LogP contribution in [-0.4, -0.2) is 24.1 Å². The highest BCUT2D eigenvalue weighted by Crippen LogP contribution is 2.43. The standard InChI is InChI=1S/C23H26N2O4S/c1-25-20-13-16(23(26)24-30(27,28)18-8-9-18)7-10-19(20)21(15-5-3-2-4-6-15)22(25)17-11-12-29-14-17/h7,10-15,18H,2-6,8-9H2,1H3,(H,24,26). The molecule has 1 amide bonds. The first kappa shape index (κ1) is 19.4. The molecule has 5 rings (SSSR count). The molecule has 2 aromatic heterocycles. The van der Waals surface area contributed by atoms with Crippen LogP contribution in [0.5, 0.6) is 0 Å². The zero-order chi connectivity index (χ0) is 20.9. The Balaban J connectivity index is 1.60. The van der Waals surface area contributed by atoms with E-state index in [9.17, 15) is 13.2 Å². The number of nitrogens with zero attached hydrogens (tertiary/aromatic N) is 1. The third kappa shape index (κ3) is 3.35. The summed E-state index contributed by atoms with van der Waals surface area (Å²) in [5.74, 6) is -0.0867. The molecule has 158 valence electrons. The van der Waals surface area contributed by atoms with Gasteiger partial charge in [-0.2, -0.15) is 0 Å². The van der Waals surface area contributed by atoms with Crippen LogP contribution in [0.15, 0.2) is 41.2 Å². The molecule has 2 aliphatic rings. The number of furan rings is 1. The summed E-state index contributed by atoms with van der Waals surface area (Å²) in [7, 11) is -1.57. The Kier molecular flexibility index (Phi) is 4.73. The summed E-state index contributed by atoms with van der Waals surface area (Å²) in [6.07, 6.45) is 10.7. The van der Waals surface area contributed by atoms with Crippen molar-refractivity contribution in [1.82, 2.24) is 9.29 Å². The number of hydrogen-bond acceptors (Lipinski definition) is 4. The number of rotatable bonds is 5. The smallest absolute Gasteiger partial charge is 0.264 e. The number of nitrogens with one attached hydrogen (secondary N) is 1. The van der Waals surface area contributed by atoms with Gasteiger partial charge in [0, 0.05) is 29.1 Å². The summed E-state index contributed by atoms with van der Waals surface area (Å²) in [5, 5.41) is 0.702. The van der Waals surface area contributed by atoms with Crippen molar-refractivity contribution in [3.8, 4) is 11.3 Å². The number of hydrogen-bond donors (Lipinski definition) is 1. The fraction of sp³-hybridized carbons (Fsp3) is 0.435. The van der Waals surface area contributed by atoms with Crippen molar-refractivity contribution in [2.75, 3.05) is 0 Å². The molecule has 0 atom stereocenters. The average molecular weight is 427 g/mol. The summed E-state index contributed by atoms with van der Waals surface area (Å²) in [6.45, 7) is 0. The maximum absolute atomic E-state index is 12.7. The van der Waals surface area contributed by atoms with Crippen LogP contribution in [-0.2, 0) is 17.1 Å². The molecule has 1 N–H and O–H groups in total. The van der Waals surface area contributed by atoms with Gasteiger partial charge in [0.05, 0.1) is 23.5 Å². The minimum atomic E-state index is -3.57. The molecular formula is C23H26N2O4S. The first-order valence-electron chi connectivity index (χ1n) is 10.7. The summed E-state index contributed by atoms with van der Waals surface area (Å²) >= 11 is 0. The Morgan fingerprint density at radius 1 is 1.10 bits per heavy atom. The number of carbonyl (C=O) groups is 1. The lowest BCUT2D eigenvalue weighted by atomic mass is 9.82. The van der Waals surface area contributed by atoms with Gasteiger partial charge in [-0.15, -0.1) is 0 Å². The lowest BCUT2D eigenvalue weighted by molar-refractivity contribution is 0.0981. The highest BCUT2D eigenvalue weighted by Gasteiger charge is 2.37. The van der Waals surface area contributed by atoms with Gasteiger partial charge in [0.1, 0.15) is 0 Å². The van der Waals surface area contributed by atoms with Crippen LogP contribution in [0.2, 0.25) is 0 Å². The molecule has 6 nitrogen and oxygen atoms in total. The van der Waals surface area contributed by atoms with Gasteiger partial charge < -0.3 is 8.98 Å². The summed E-state index contributed by atoms with van der Waals surface area (Å²) in [6, 6.07) is 7.49. The Hall–Kier alpha value is -2.54. The van der Waals surface area contributed by atoms with Crippen LogP contribution in [0.3, 0.4) is 0 Å². The second-order valence-electron chi connectivity index (χ2n) is 8.58. The van der Waals surface area contributed by atoms with Crippen molar-refractivity contribution in [2.24, 2.45) is 7.05 Å². The van der Waals surface area contributed by atoms with Gasteiger partial charge >= 0.3 is 0 Å². The Morgan fingerprint density at radius 3 is 2.53 bits per heavy atom. The number of carbonyl (C=O) groups excluding carboxylic acids is 1. The fourth-order valence-electron chi connectivity index (χ4n) is 4.81. The number of benzene rings is 1. The predicted octanol–water partition coefficient (Wildman–Crippen LogP) is 4.71. The molecule has 2 saturated carbocycles. The Labute approximate surface area is 176 Å². The van der Waals surface area contributed by atoms with Crippen LogP contribution < -0.4 is 4.72 Å². The van der Waals surface area contributed by atoms with E-state index in [-0.39, 0.29) is 0 Å². The van der Waals surface area contributed by atoms with E-state index in [1.807, 2.05) is 25.2 Å². The van der Waals surface area contributed by atoms with Crippen molar-refractivity contribution >= 4 is 26.8 Å². The zero-order valence-corrected chi connectivity index (χ0v) is 17.9. The van der Waals surface area contributed by atoms with E-state index >= 15 is 0 Å². The molecule has 7 heteroatoms. The lowest BCUT2D eigenvalue weighted by Crippen LogP contribution is -2.33. The molecule has 2 heterocycles. The lowest BCUT2D eigenvalue weighted by Gasteiger charge is -2.23. The number of amides is 1. The molecule has 0 radical (unpaired) electrons. The zero-order valence-electron chi connectivity index (χ0n) is 17.1. The Morgan fingerprint density at radius 2 is 1.87 bits per heavy atom. The van der Waals surface area contributed by atoms with E-state index < -0.39 is 21.2 Å². The van der Waals surface area contributed by atoms with Crippen LogP contribution >= 0.6 is 0 Å². The molecule has 2 aliphatic carbocycles. The highest BCUT2D eigenvalue weighted by atomic mass is 32.2. The minimum absolute atomic E-state index is 0.362. The second kappa shape index (κ2) is 7.30. The van der Waals surface area contributed by atoms with Crippen molar-refractivity contribution < 1.29 is 17.6 Å². The van der Waals surface area contributed by atoms with Crippen molar-refractivity contribution in [1.29, 1.82) is 0 Å². The maximum Gasteiger partial charge on any atom is 0.264 e. The van der Waals surface area contributed by atoms with E-state index in [2.05, 4.69) is 9.29 Å². The normalized spacial score (nSPS) is 18.0. The maximum atomic E-state index is 12.7. The van der Waals surface area contributed by atoms with Crippen LogP contribution in [0.4, 0.5) is 0 Å². The third-order valence-corrected chi connectivity index (χ3v) is 8.33. The first-order valence-corrected chi connectivity index (χ1v) is 12.2. The van der Waals surface area contributed by atoms with E-state index in [4.69, 9.17) is 4.42 Å². The van der Waals surface area contributed by atoms with Gasteiger partial charge in [-0.25, -0.2) is 13.1 Å². The van der Waals surface area contributed by atoms with Crippen molar-refractivity contribution in [3.63, 3.8) is 0 Å². The topological polar surface area (TPSA) is 81.3 Å². The number of sulfonamides is 1. The van der Waals surface area contributed by atoms with E-state index in [1.54, 1.807) is 18.6 Å².